The van der Waals surface area contributed by atoms with Crippen LogP contribution in [0.2, 0.25) is 0 Å². The predicted octanol–water partition coefficient (Wildman–Crippen LogP) is -3.15. The Hall–Kier alpha value is -3.40. The van der Waals surface area contributed by atoms with Crippen LogP contribution in [0.3, 0.4) is 0 Å². The van der Waals surface area contributed by atoms with E-state index < -0.39 is 35.7 Å². The molecule has 0 saturated carbocycles. The molecule has 15 heteroatoms. The summed E-state index contributed by atoms with van der Waals surface area (Å²) in [6.07, 6.45) is 1.93. The first-order valence-corrected chi connectivity index (χ1v) is 10.8. The van der Waals surface area contributed by atoms with Gasteiger partial charge >= 0.3 is 23.9 Å². The second-order valence-electron chi connectivity index (χ2n) is 8.05. The van der Waals surface area contributed by atoms with Crippen LogP contribution < -0.4 is 0 Å². The largest absolute Gasteiger partial charge is 0.480 e. The molecule has 0 aromatic heterocycles. The monoisotopic (exact) mass is 499 g/mol. The second-order valence-corrected chi connectivity index (χ2v) is 8.05. The number of imide groups is 1. The van der Waals surface area contributed by atoms with Gasteiger partial charge in [0.05, 0.1) is 26.2 Å². The summed E-state index contributed by atoms with van der Waals surface area (Å²) in [5, 5.41) is 28.0. The molecular formula is C20H29N5O10. The molecule has 2 amide bonds. The summed E-state index contributed by atoms with van der Waals surface area (Å²) < 4.78 is 0. The molecule has 1 saturated heterocycles. The Morgan fingerprint density at radius 1 is 0.600 bits per heavy atom. The Bertz CT molecular complexity index is 813. The van der Waals surface area contributed by atoms with E-state index in [-0.39, 0.29) is 78.5 Å². The van der Waals surface area contributed by atoms with Crippen LogP contribution in [0.5, 0.6) is 0 Å². The van der Waals surface area contributed by atoms with Gasteiger partial charge in [-0.3, -0.25) is 43.6 Å². The average molecular weight is 499 g/mol. The lowest BCUT2D eigenvalue weighted by Gasteiger charge is -2.32. The average Bonchev–Trinajstić information content (AvgIpc) is 3.06. The Kier molecular flexibility index (Phi) is 10.7. The molecule has 15 nitrogen and oxygen atoms in total. The minimum absolute atomic E-state index is 0.197. The van der Waals surface area contributed by atoms with Crippen LogP contribution in [-0.4, -0.2) is 154 Å². The third kappa shape index (κ3) is 10.2. The number of carboxylic acids is 3. The van der Waals surface area contributed by atoms with Crippen LogP contribution in [0, 0.1) is 0 Å². The van der Waals surface area contributed by atoms with Gasteiger partial charge in [-0.2, -0.15) is 0 Å². The maximum atomic E-state index is 12.4. The molecule has 0 aliphatic carbocycles. The van der Waals surface area contributed by atoms with E-state index in [1.807, 2.05) is 0 Å². The van der Waals surface area contributed by atoms with Crippen molar-refractivity contribution >= 4 is 35.7 Å². The van der Waals surface area contributed by atoms with Crippen molar-refractivity contribution in [2.24, 2.45) is 0 Å². The lowest BCUT2D eigenvalue weighted by molar-refractivity contribution is -0.196. The van der Waals surface area contributed by atoms with Crippen molar-refractivity contribution in [3.05, 3.63) is 12.2 Å². The smallest absolute Gasteiger partial charge is 0.347 e. The molecule has 2 aliphatic heterocycles. The van der Waals surface area contributed by atoms with Crippen molar-refractivity contribution in [3.63, 3.8) is 0 Å². The lowest BCUT2D eigenvalue weighted by atomic mass is 10.3. The summed E-state index contributed by atoms with van der Waals surface area (Å²) in [4.78, 5) is 80.7. The first-order valence-electron chi connectivity index (χ1n) is 10.8. The molecule has 0 aromatic rings. The number of carboxylic acid groups (broad SMARTS) is 3. The van der Waals surface area contributed by atoms with Gasteiger partial charge in [0.2, 0.25) is 0 Å². The fourth-order valence-corrected chi connectivity index (χ4v) is 3.57. The molecular weight excluding hydrogens is 470 g/mol. The van der Waals surface area contributed by atoms with Gasteiger partial charge in [-0.15, -0.1) is 0 Å². The summed E-state index contributed by atoms with van der Waals surface area (Å²) in [6.45, 7) is 0.573. The van der Waals surface area contributed by atoms with Crippen LogP contribution in [0.4, 0.5) is 0 Å². The topological polar surface area (TPSA) is 189 Å². The molecule has 0 aromatic carbocycles. The third-order valence-corrected chi connectivity index (χ3v) is 5.32. The van der Waals surface area contributed by atoms with Crippen molar-refractivity contribution in [2.45, 2.75) is 0 Å². The Balaban J connectivity index is 2.11. The molecule has 2 heterocycles. The van der Waals surface area contributed by atoms with Gasteiger partial charge in [0.15, 0.2) is 0 Å². The highest BCUT2D eigenvalue weighted by atomic mass is 16.7. The van der Waals surface area contributed by atoms with Gasteiger partial charge in [0.25, 0.3) is 11.8 Å². The van der Waals surface area contributed by atoms with Crippen LogP contribution in [0.25, 0.3) is 0 Å². The molecule has 194 valence electrons. The second kappa shape index (κ2) is 13.5. The van der Waals surface area contributed by atoms with E-state index >= 15 is 0 Å². The molecule has 3 N–H and O–H groups in total. The van der Waals surface area contributed by atoms with E-state index in [2.05, 4.69) is 0 Å². The summed E-state index contributed by atoms with van der Waals surface area (Å²) in [5.74, 6) is -5.66. The van der Waals surface area contributed by atoms with Crippen molar-refractivity contribution in [1.82, 2.24) is 24.7 Å². The molecule has 1 fully saturated rings. The lowest BCUT2D eigenvalue weighted by Crippen LogP contribution is -2.49. The SMILES string of the molecule is O=C(O)CN1CCN(CC(=O)O)CCN(CC(=O)ON2C(=O)C=CC2=O)CCN(CC(=O)O)CC1. The Labute approximate surface area is 200 Å². The fourth-order valence-electron chi connectivity index (χ4n) is 3.57. The van der Waals surface area contributed by atoms with Crippen LogP contribution in [0.15, 0.2) is 12.2 Å². The normalized spacial score (nSPS) is 19.8. The number of carbonyl (C=O) groups is 6. The van der Waals surface area contributed by atoms with Gasteiger partial charge in [-0.25, -0.2) is 4.79 Å². The number of amides is 2. The van der Waals surface area contributed by atoms with Crippen LogP contribution in [0.1, 0.15) is 0 Å². The zero-order valence-electron chi connectivity index (χ0n) is 19.1. The van der Waals surface area contributed by atoms with Gasteiger partial charge in [0, 0.05) is 64.5 Å². The van der Waals surface area contributed by atoms with Crippen molar-refractivity contribution in [3.8, 4) is 0 Å². The summed E-state index contributed by atoms with van der Waals surface area (Å²) >= 11 is 0. The van der Waals surface area contributed by atoms with Gasteiger partial charge in [-0.1, -0.05) is 5.06 Å². The van der Waals surface area contributed by atoms with Crippen molar-refractivity contribution in [1.29, 1.82) is 0 Å². The third-order valence-electron chi connectivity index (χ3n) is 5.32. The number of rotatable bonds is 9. The van der Waals surface area contributed by atoms with E-state index in [9.17, 15) is 44.1 Å². The summed E-state index contributed by atoms with van der Waals surface area (Å²) in [6, 6.07) is 0. The van der Waals surface area contributed by atoms with Crippen molar-refractivity contribution < 1.29 is 48.9 Å². The fraction of sp³-hybridized carbons (Fsp3) is 0.600. The minimum atomic E-state index is -1.07. The number of hydrogen-bond acceptors (Lipinski definition) is 11. The highest BCUT2D eigenvalue weighted by molar-refractivity contribution is 6.12. The highest BCUT2D eigenvalue weighted by Gasteiger charge is 2.29. The molecule has 0 radical (unpaired) electrons. The molecule has 2 aliphatic rings. The van der Waals surface area contributed by atoms with Crippen molar-refractivity contribution in [2.75, 3.05) is 78.5 Å². The van der Waals surface area contributed by atoms with E-state index in [0.29, 0.717) is 5.06 Å². The summed E-state index contributed by atoms with van der Waals surface area (Å²) in [5.41, 5.74) is 0. The zero-order chi connectivity index (χ0) is 26.0. The number of aliphatic carboxylic acids is 3. The quantitative estimate of drug-likeness (QED) is 0.270. The van der Waals surface area contributed by atoms with E-state index in [1.165, 1.54) is 0 Å². The van der Waals surface area contributed by atoms with E-state index in [0.717, 1.165) is 12.2 Å². The minimum Gasteiger partial charge on any atom is -0.480 e. The molecule has 35 heavy (non-hydrogen) atoms. The highest BCUT2D eigenvalue weighted by Crippen LogP contribution is 2.06. The van der Waals surface area contributed by atoms with E-state index in [4.69, 9.17) is 4.84 Å². The first-order chi connectivity index (χ1) is 16.5. The van der Waals surface area contributed by atoms with Crippen LogP contribution in [-0.2, 0) is 33.6 Å². The van der Waals surface area contributed by atoms with Gasteiger partial charge in [0.1, 0.15) is 0 Å². The Morgan fingerprint density at radius 3 is 1.17 bits per heavy atom. The number of hydroxylamine groups is 2. The zero-order valence-corrected chi connectivity index (χ0v) is 19.1. The maximum Gasteiger partial charge on any atom is 0.347 e. The Morgan fingerprint density at radius 2 is 0.886 bits per heavy atom. The van der Waals surface area contributed by atoms with E-state index in [1.54, 1.807) is 19.6 Å². The molecule has 0 spiro atoms. The van der Waals surface area contributed by atoms with Gasteiger partial charge < -0.3 is 20.2 Å². The number of hydrogen-bond donors (Lipinski definition) is 3. The standard InChI is InChI=1S/C20H29N5O10/c26-15-1-2-16(27)25(15)35-20(34)14-24-9-7-22(12-18(30)31)5-3-21(11-17(28)29)4-6-23(8-10-24)13-19(32)33/h1-2H,3-14H2,(H,28,29)(H,30,31)(H,32,33). The molecule has 0 atom stereocenters. The van der Waals surface area contributed by atoms with Gasteiger partial charge in [-0.05, 0) is 0 Å². The molecule has 0 unspecified atom stereocenters. The number of carbonyl (C=O) groups excluding carboxylic acids is 3. The predicted molar refractivity (Wildman–Crippen MR) is 116 cm³/mol. The maximum absolute atomic E-state index is 12.4. The molecule has 2 rings (SSSR count). The number of nitrogens with zero attached hydrogens (tertiary/aromatic N) is 5. The van der Waals surface area contributed by atoms with Crippen LogP contribution >= 0.6 is 0 Å². The summed E-state index contributed by atoms with van der Waals surface area (Å²) in [7, 11) is 0. The first kappa shape index (κ1) is 27.8. The molecule has 0 bridgehead atoms.